The fourth-order valence-corrected chi connectivity index (χ4v) is 5.81. The lowest BCUT2D eigenvalue weighted by atomic mass is 10.2. The van der Waals surface area contributed by atoms with Crippen molar-refractivity contribution in [1.82, 2.24) is 9.47 Å². The summed E-state index contributed by atoms with van der Waals surface area (Å²) in [6.07, 6.45) is 1.68. The number of carbonyl (C=O) groups is 3. The van der Waals surface area contributed by atoms with E-state index in [2.05, 4.69) is 4.57 Å². The number of esters is 1. The van der Waals surface area contributed by atoms with E-state index >= 15 is 0 Å². The van der Waals surface area contributed by atoms with Gasteiger partial charge in [-0.3, -0.25) is 24.6 Å². The molecule has 1 aliphatic heterocycles. The van der Waals surface area contributed by atoms with Gasteiger partial charge in [-0.25, -0.2) is 4.79 Å². The summed E-state index contributed by atoms with van der Waals surface area (Å²) in [4.78, 5) is 51.0. The molecule has 1 saturated heterocycles. The van der Waals surface area contributed by atoms with Crippen LogP contribution in [0.25, 0.3) is 11.8 Å². The monoisotopic (exact) mass is 551 g/mol. The SMILES string of the molecule is CCOC(=O)[C@@H](C)N1C(=O)S/C(=C/c2cc(C)n(-c3ccc(Sc4ccc([N+](=O)[O-])cc4)cc3)c2C)C1=O. The van der Waals surface area contributed by atoms with Gasteiger partial charge in [0, 0.05) is 39.0 Å². The summed E-state index contributed by atoms with van der Waals surface area (Å²) in [5.74, 6) is -1.14. The molecule has 1 aromatic heterocycles. The number of aryl methyl sites for hydroxylation is 1. The highest BCUT2D eigenvalue weighted by Gasteiger charge is 2.41. The minimum absolute atomic E-state index is 0.0531. The van der Waals surface area contributed by atoms with Gasteiger partial charge in [0.25, 0.3) is 16.8 Å². The molecule has 0 spiro atoms. The Balaban J connectivity index is 1.53. The number of nitro groups is 1. The summed E-state index contributed by atoms with van der Waals surface area (Å²) < 4.78 is 7.02. The fraction of sp³-hybridized carbons (Fsp3) is 0.222. The largest absolute Gasteiger partial charge is 0.464 e. The van der Waals surface area contributed by atoms with Gasteiger partial charge in [-0.2, -0.15) is 0 Å². The van der Waals surface area contributed by atoms with Gasteiger partial charge in [0.2, 0.25) is 0 Å². The van der Waals surface area contributed by atoms with E-state index in [4.69, 9.17) is 4.74 Å². The molecule has 196 valence electrons. The number of hydrogen-bond donors (Lipinski definition) is 0. The molecular formula is C27H25N3O6S2. The smallest absolute Gasteiger partial charge is 0.329 e. The average Bonchev–Trinajstić information content (AvgIpc) is 3.32. The van der Waals surface area contributed by atoms with Crippen molar-refractivity contribution in [3.05, 3.63) is 86.6 Å². The van der Waals surface area contributed by atoms with Gasteiger partial charge in [-0.1, -0.05) is 11.8 Å². The number of carbonyl (C=O) groups excluding carboxylic acids is 3. The number of hydrogen-bond acceptors (Lipinski definition) is 8. The van der Waals surface area contributed by atoms with E-state index < -0.39 is 28.1 Å². The number of non-ortho nitro benzene ring substituents is 1. The quantitative estimate of drug-likeness (QED) is 0.142. The molecule has 0 unspecified atom stereocenters. The fourth-order valence-electron chi connectivity index (χ4n) is 4.09. The summed E-state index contributed by atoms with van der Waals surface area (Å²) in [5, 5.41) is 10.4. The van der Waals surface area contributed by atoms with E-state index in [0.717, 1.165) is 49.1 Å². The highest BCUT2D eigenvalue weighted by molar-refractivity contribution is 8.18. The number of aromatic nitrogens is 1. The summed E-state index contributed by atoms with van der Waals surface area (Å²) in [6.45, 7) is 7.20. The lowest BCUT2D eigenvalue weighted by molar-refractivity contribution is -0.384. The van der Waals surface area contributed by atoms with Gasteiger partial charge < -0.3 is 9.30 Å². The number of rotatable bonds is 8. The second-order valence-electron chi connectivity index (χ2n) is 8.49. The minimum Gasteiger partial charge on any atom is -0.464 e. The molecule has 2 aromatic carbocycles. The maximum absolute atomic E-state index is 12.9. The number of benzene rings is 2. The van der Waals surface area contributed by atoms with Crippen LogP contribution in [0.2, 0.25) is 0 Å². The van der Waals surface area contributed by atoms with Crippen molar-refractivity contribution in [2.24, 2.45) is 0 Å². The first-order valence-electron chi connectivity index (χ1n) is 11.8. The van der Waals surface area contributed by atoms with Crippen LogP contribution < -0.4 is 0 Å². The van der Waals surface area contributed by atoms with Gasteiger partial charge in [0.05, 0.1) is 16.4 Å². The normalized spacial score (nSPS) is 15.3. The Bertz CT molecular complexity index is 1440. The van der Waals surface area contributed by atoms with Crippen LogP contribution in [0.1, 0.15) is 30.8 Å². The third kappa shape index (κ3) is 5.53. The van der Waals surface area contributed by atoms with E-state index in [1.807, 2.05) is 44.2 Å². The minimum atomic E-state index is -0.997. The maximum Gasteiger partial charge on any atom is 0.329 e. The first-order valence-corrected chi connectivity index (χ1v) is 13.4. The van der Waals surface area contributed by atoms with E-state index in [-0.39, 0.29) is 17.2 Å². The molecule has 3 aromatic rings. The number of ether oxygens (including phenoxy) is 1. The predicted molar refractivity (Wildman–Crippen MR) is 146 cm³/mol. The molecule has 11 heteroatoms. The molecule has 0 radical (unpaired) electrons. The summed E-state index contributed by atoms with van der Waals surface area (Å²) in [5.41, 5.74) is 3.61. The Kier molecular flexibility index (Phi) is 8.08. The van der Waals surface area contributed by atoms with Crippen LogP contribution in [0.3, 0.4) is 0 Å². The Hall–Kier alpha value is -3.83. The van der Waals surface area contributed by atoms with Crippen LogP contribution in [0.5, 0.6) is 0 Å². The predicted octanol–water partition coefficient (Wildman–Crippen LogP) is 6.14. The Morgan fingerprint density at radius 1 is 1.11 bits per heavy atom. The highest BCUT2D eigenvalue weighted by Crippen LogP contribution is 2.35. The summed E-state index contributed by atoms with van der Waals surface area (Å²) in [7, 11) is 0. The third-order valence-electron chi connectivity index (χ3n) is 5.97. The zero-order valence-electron chi connectivity index (χ0n) is 21.2. The van der Waals surface area contributed by atoms with Crippen LogP contribution in [0, 0.1) is 24.0 Å². The van der Waals surface area contributed by atoms with Gasteiger partial charge in [0.15, 0.2) is 0 Å². The zero-order chi connectivity index (χ0) is 27.6. The first-order chi connectivity index (χ1) is 18.1. The molecule has 1 aliphatic rings. The molecule has 4 rings (SSSR count). The second-order valence-corrected chi connectivity index (χ2v) is 10.6. The molecule has 2 amide bonds. The van der Waals surface area contributed by atoms with Crippen LogP contribution in [0.4, 0.5) is 10.5 Å². The zero-order valence-corrected chi connectivity index (χ0v) is 22.8. The van der Waals surface area contributed by atoms with Gasteiger partial charge in [-0.05, 0) is 93.6 Å². The van der Waals surface area contributed by atoms with E-state index in [1.165, 1.54) is 30.8 Å². The number of amides is 2. The van der Waals surface area contributed by atoms with Crippen molar-refractivity contribution in [2.45, 2.75) is 43.5 Å². The Labute approximate surface area is 228 Å². The van der Waals surface area contributed by atoms with Crippen molar-refractivity contribution in [3.8, 4) is 5.69 Å². The van der Waals surface area contributed by atoms with Gasteiger partial charge >= 0.3 is 5.97 Å². The van der Waals surface area contributed by atoms with Gasteiger partial charge in [0.1, 0.15) is 6.04 Å². The van der Waals surface area contributed by atoms with E-state index in [9.17, 15) is 24.5 Å². The molecule has 38 heavy (non-hydrogen) atoms. The lowest BCUT2D eigenvalue weighted by Gasteiger charge is -2.19. The van der Waals surface area contributed by atoms with Crippen LogP contribution in [-0.2, 0) is 14.3 Å². The first kappa shape index (κ1) is 27.2. The van der Waals surface area contributed by atoms with Crippen LogP contribution in [0.15, 0.2) is 69.3 Å². The van der Waals surface area contributed by atoms with Crippen molar-refractivity contribution >= 4 is 52.4 Å². The molecule has 0 N–H and O–H groups in total. The molecule has 0 aliphatic carbocycles. The molecule has 2 heterocycles. The van der Waals surface area contributed by atoms with Crippen molar-refractivity contribution in [1.29, 1.82) is 0 Å². The van der Waals surface area contributed by atoms with E-state index in [1.54, 1.807) is 25.1 Å². The van der Waals surface area contributed by atoms with Crippen LogP contribution in [-0.4, -0.2) is 44.2 Å². The summed E-state index contributed by atoms with van der Waals surface area (Å²) in [6, 6.07) is 15.3. The molecule has 0 saturated carbocycles. The lowest BCUT2D eigenvalue weighted by Crippen LogP contribution is -2.42. The standard InChI is InChI=1S/C27H25N3O6S2/c1-5-36-26(32)18(4)29-25(31)24(38-27(29)33)15-19-14-16(2)28(17(19)3)20-6-10-22(11-7-20)37-23-12-8-21(9-13-23)30(34)35/h6-15,18H,5H2,1-4H3/b24-15+/t18-/m1/s1. The van der Waals surface area contributed by atoms with Crippen molar-refractivity contribution < 1.29 is 24.0 Å². The van der Waals surface area contributed by atoms with E-state index in [0.29, 0.717) is 0 Å². The number of imide groups is 1. The third-order valence-corrected chi connectivity index (χ3v) is 7.87. The topological polar surface area (TPSA) is 112 Å². The summed E-state index contributed by atoms with van der Waals surface area (Å²) >= 11 is 2.31. The van der Waals surface area contributed by atoms with Crippen molar-refractivity contribution in [3.63, 3.8) is 0 Å². The molecule has 9 nitrogen and oxygen atoms in total. The maximum atomic E-state index is 12.9. The molecule has 1 fully saturated rings. The number of nitrogens with zero attached hydrogens (tertiary/aromatic N) is 3. The number of nitro benzene ring substituents is 1. The molecule has 0 bridgehead atoms. The van der Waals surface area contributed by atoms with Crippen LogP contribution >= 0.6 is 23.5 Å². The Morgan fingerprint density at radius 3 is 2.29 bits per heavy atom. The average molecular weight is 552 g/mol. The van der Waals surface area contributed by atoms with Crippen molar-refractivity contribution in [2.75, 3.05) is 6.61 Å². The second kappa shape index (κ2) is 11.3. The number of thioether (sulfide) groups is 1. The molecular weight excluding hydrogens is 526 g/mol. The van der Waals surface area contributed by atoms with Gasteiger partial charge in [-0.15, -0.1) is 0 Å². The molecule has 1 atom stereocenters. The Morgan fingerprint density at radius 2 is 1.71 bits per heavy atom. The highest BCUT2D eigenvalue weighted by atomic mass is 32.2.